The topological polar surface area (TPSA) is 66.8 Å². The van der Waals surface area contributed by atoms with Crippen LogP contribution in [-0.4, -0.2) is 29.5 Å². The van der Waals surface area contributed by atoms with Crippen LogP contribution in [0.25, 0.3) is 33.0 Å². The van der Waals surface area contributed by atoms with Crippen LogP contribution in [0.4, 0.5) is 5.69 Å². The summed E-state index contributed by atoms with van der Waals surface area (Å²) in [5, 5.41) is 12.5. The number of carbonyl (C=O) groups excluding carboxylic acids is 1. The van der Waals surface area contributed by atoms with Crippen molar-refractivity contribution in [2.24, 2.45) is 0 Å². The molecule has 2 unspecified atom stereocenters. The smallest absolute Gasteiger partial charge is 0.304 e. The molecule has 0 spiro atoms. The van der Waals surface area contributed by atoms with Crippen LogP contribution in [0.3, 0.4) is 0 Å². The second-order valence-electron chi connectivity index (χ2n) is 10.7. The Morgan fingerprint density at radius 2 is 1.84 bits per heavy atom. The van der Waals surface area contributed by atoms with Gasteiger partial charge >= 0.3 is 5.97 Å². The van der Waals surface area contributed by atoms with Crippen LogP contribution in [-0.2, 0) is 19.7 Å². The minimum absolute atomic E-state index is 0.0193. The largest absolute Gasteiger partial charge is 0.485 e. The molecule has 8 rings (SSSR count). The lowest BCUT2D eigenvalue weighted by atomic mass is 9.74. The third kappa shape index (κ3) is 2.58. The van der Waals surface area contributed by atoms with Crippen molar-refractivity contribution < 1.29 is 19.4 Å². The molecule has 37 heavy (non-hydrogen) atoms. The predicted molar refractivity (Wildman–Crippen MR) is 142 cm³/mol. The summed E-state index contributed by atoms with van der Waals surface area (Å²) in [5.41, 5.74) is 9.16. The van der Waals surface area contributed by atoms with Crippen molar-refractivity contribution in [1.82, 2.24) is 0 Å². The van der Waals surface area contributed by atoms with Crippen LogP contribution in [0.1, 0.15) is 25.3 Å². The van der Waals surface area contributed by atoms with Gasteiger partial charge in [-0.25, -0.2) is 0 Å². The van der Waals surface area contributed by atoms with E-state index in [0.29, 0.717) is 5.76 Å². The van der Waals surface area contributed by atoms with Crippen LogP contribution < -0.4 is 4.90 Å². The van der Waals surface area contributed by atoms with Gasteiger partial charge in [0.15, 0.2) is 5.78 Å². The molecule has 0 saturated carbocycles. The number of fused-ring (bicyclic) bond motifs is 9. The maximum Gasteiger partial charge on any atom is 0.304 e. The fraction of sp³-hybridized carbons (Fsp3) is 0.188. The fourth-order valence-electron chi connectivity index (χ4n) is 7.18. The molecule has 0 saturated heterocycles. The number of ketones is 1. The van der Waals surface area contributed by atoms with Gasteiger partial charge in [-0.1, -0.05) is 42.5 Å². The summed E-state index contributed by atoms with van der Waals surface area (Å²) in [6.07, 6.45) is 7.52. The van der Waals surface area contributed by atoms with Gasteiger partial charge in [-0.05, 0) is 64.4 Å². The van der Waals surface area contributed by atoms with Crippen LogP contribution in [0.15, 0.2) is 95.4 Å². The second-order valence-corrected chi connectivity index (χ2v) is 10.7. The lowest BCUT2D eigenvalue weighted by Gasteiger charge is -2.40. The van der Waals surface area contributed by atoms with Gasteiger partial charge in [-0.15, -0.1) is 0 Å². The first-order valence-corrected chi connectivity index (χ1v) is 12.7. The van der Waals surface area contributed by atoms with Crippen molar-refractivity contribution in [2.75, 3.05) is 11.4 Å². The highest BCUT2D eigenvalue weighted by Crippen LogP contribution is 2.60. The van der Waals surface area contributed by atoms with Crippen molar-refractivity contribution in [3.8, 4) is 22.3 Å². The third-order valence-corrected chi connectivity index (χ3v) is 8.60. The Balaban J connectivity index is 1.45. The summed E-state index contributed by atoms with van der Waals surface area (Å²) in [6, 6.07) is 17.2. The molecule has 0 fully saturated rings. The highest BCUT2D eigenvalue weighted by atomic mass is 16.5. The Bertz CT molecular complexity index is 1750. The molecule has 0 aromatic heterocycles. The quantitative estimate of drug-likeness (QED) is 0.375. The van der Waals surface area contributed by atoms with Crippen molar-refractivity contribution >= 4 is 28.2 Å². The zero-order chi connectivity index (χ0) is 25.1. The van der Waals surface area contributed by atoms with E-state index in [9.17, 15) is 14.7 Å². The fourth-order valence-corrected chi connectivity index (χ4v) is 7.18. The maximum absolute atomic E-state index is 12.4. The normalized spacial score (nSPS) is 24.1. The third-order valence-electron chi connectivity index (χ3n) is 8.60. The minimum atomic E-state index is -0.829. The summed E-state index contributed by atoms with van der Waals surface area (Å²) in [6.45, 7) is 2.79. The molecule has 0 radical (unpaired) electrons. The average Bonchev–Trinajstić information content (AvgIpc) is 3.34. The van der Waals surface area contributed by atoms with Gasteiger partial charge < -0.3 is 14.7 Å². The number of nitrogens with zero attached hydrogens (tertiary/aromatic N) is 1. The molecule has 180 valence electrons. The van der Waals surface area contributed by atoms with Crippen molar-refractivity contribution in [2.45, 2.75) is 31.3 Å². The van der Waals surface area contributed by atoms with Crippen molar-refractivity contribution in [1.29, 1.82) is 0 Å². The van der Waals surface area contributed by atoms with E-state index in [4.69, 9.17) is 4.74 Å². The number of carboxylic acids is 1. The number of benzene rings is 3. The molecule has 2 aliphatic carbocycles. The van der Waals surface area contributed by atoms with E-state index >= 15 is 0 Å². The Kier molecular flexibility index (Phi) is 3.87. The molecule has 3 aliphatic heterocycles. The van der Waals surface area contributed by atoms with Crippen molar-refractivity contribution in [3.63, 3.8) is 0 Å². The number of rotatable bonds is 2. The molecule has 0 bridgehead atoms. The Labute approximate surface area is 213 Å². The first-order chi connectivity index (χ1) is 17.9. The number of allylic oxidation sites excluding steroid dienone is 4. The van der Waals surface area contributed by atoms with E-state index in [-0.39, 0.29) is 18.3 Å². The number of ether oxygens (including phenoxy) is 1. The van der Waals surface area contributed by atoms with Crippen LogP contribution >= 0.6 is 0 Å². The lowest BCUT2D eigenvalue weighted by Crippen LogP contribution is -2.41. The molecule has 5 heteroatoms. The monoisotopic (exact) mass is 485 g/mol. The molecule has 3 heterocycles. The first kappa shape index (κ1) is 20.8. The van der Waals surface area contributed by atoms with Gasteiger partial charge in [0.25, 0.3) is 0 Å². The summed E-state index contributed by atoms with van der Waals surface area (Å²) in [7, 11) is 0. The summed E-state index contributed by atoms with van der Waals surface area (Å²) in [4.78, 5) is 26.7. The molecule has 1 N–H and O–H groups in total. The number of hydrogen-bond acceptors (Lipinski definition) is 4. The number of aliphatic carboxylic acids is 1. The van der Waals surface area contributed by atoms with Crippen molar-refractivity contribution in [3.05, 3.63) is 101 Å². The molecule has 5 aliphatic rings. The van der Waals surface area contributed by atoms with Crippen LogP contribution in [0, 0.1) is 0 Å². The Morgan fingerprint density at radius 1 is 1.05 bits per heavy atom. The summed E-state index contributed by atoms with van der Waals surface area (Å²) >= 11 is 0. The number of hydrogen-bond donors (Lipinski definition) is 1. The SMILES string of the molecule is CC1(CC(=O)O)C2=C3C=C4C=CC(=O)C=C4OC3CCN2c2c1cc1c3c(cccc23)-c2ccccc2-1. The van der Waals surface area contributed by atoms with Gasteiger partial charge in [0.2, 0.25) is 0 Å². The number of carboxylic acid groups (broad SMARTS) is 1. The highest BCUT2D eigenvalue weighted by Gasteiger charge is 2.51. The van der Waals surface area contributed by atoms with Crippen LogP contribution in [0.2, 0.25) is 0 Å². The molecular formula is C32H23NO4. The predicted octanol–water partition coefficient (Wildman–Crippen LogP) is 6.05. The van der Waals surface area contributed by atoms with Gasteiger partial charge in [0, 0.05) is 46.7 Å². The minimum Gasteiger partial charge on any atom is -0.485 e. The van der Waals surface area contributed by atoms with Crippen LogP contribution in [0.5, 0.6) is 0 Å². The van der Waals surface area contributed by atoms with E-state index in [0.717, 1.165) is 41.1 Å². The lowest BCUT2D eigenvalue weighted by molar-refractivity contribution is -0.138. The average molecular weight is 486 g/mol. The Morgan fingerprint density at radius 3 is 2.65 bits per heavy atom. The zero-order valence-corrected chi connectivity index (χ0v) is 20.2. The zero-order valence-electron chi connectivity index (χ0n) is 20.2. The van der Waals surface area contributed by atoms with Gasteiger partial charge in [0.1, 0.15) is 11.9 Å². The number of anilines is 1. The van der Waals surface area contributed by atoms with E-state index in [1.54, 1.807) is 18.2 Å². The summed E-state index contributed by atoms with van der Waals surface area (Å²) in [5.74, 6) is -0.298. The first-order valence-electron chi connectivity index (χ1n) is 12.7. The van der Waals surface area contributed by atoms with E-state index in [1.807, 2.05) is 0 Å². The Hall–Kier alpha value is -4.38. The van der Waals surface area contributed by atoms with Gasteiger partial charge in [0.05, 0.1) is 12.1 Å². The molecule has 3 aromatic rings. The molecular weight excluding hydrogens is 462 g/mol. The second kappa shape index (κ2) is 6.88. The highest BCUT2D eigenvalue weighted by molar-refractivity contribution is 6.20. The maximum atomic E-state index is 12.4. The molecule has 5 nitrogen and oxygen atoms in total. The molecule has 0 amide bonds. The van der Waals surface area contributed by atoms with E-state index in [2.05, 4.69) is 66.4 Å². The van der Waals surface area contributed by atoms with E-state index in [1.165, 1.54) is 33.0 Å². The molecule has 3 aromatic carbocycles. The van der Waals surface area contributed by atoms with Gasteiger partial charge in [-0.2, -0.15) is 0 Å². The standard InChI is InChI=1S/C32H23NO4/c1-32(16-28(35)36)25-15-23-20-6-3-2-5-19(20)21-7-4-8-22(29(21)23)30(25)33-12-11-26-24(31(32)33)13-17-9-10-18(34)14-27(17)37-26/h2-10,13-15,26H,11-12,16H2,1H3,(H,35,36). The molecule has 2 atom stereocenters. The number of carbonyl (C=O) groups is 2. The summed E-state index contributed by atoms with van der Waals surface area (Å²) < 4.78 is 6.35. The van der Waals surface area contributed by atoms with E-state index < -0.39 is 11.4 Å². The van der Waals surface area contributed by atoms with Gasteiger partial charge in [-0.3, -0.25) is 9.59 Å².